The van der Waals surface area contributed by atoms with Gasteiger partial charge in [-0.05, 0) is 42.2 Å². The van der Waals surface area contributed by atoms with Crippen molar-refractivity contribution in [1.82, 2.24) is 10.3 Å². The van der Waals surface area contributed by atoms with E-state index >= 15 is 0 Å². The minimum atomic E-state index is 0.00626. The Labute approximate surface area is 123 Å². The van der Waals surface area contributed by atoms with Crippen LogP contribution in [-0.4, -0.2) is 16.9 Å². The predicted molar refractivity (Wildman–Crippen MR) is 83.4 cm³/mol. The predicted octanol–water partition coefficient (Wildman–Crippen LogP) is 3.07. The first-order chi connectivity index (χ1) is 10.3. The first-order valence-electron chi connectivity index (χ1n) is 7.25. The van der Waals surface area contributed by atoms with Crippen LogP contribution in [0.5, 0.6) is 0 Å². The van der Waals surface area contributed by atoms with Crippen molar-refractivity contribution >= 4 is 16.8 Å². The number of H-pyrrole nitrogens is 1. The van der Waals surface area contributed by atoms with E-state index in [0.717, 1.165) is 18.4 Å². The van der Waals surface area contributed by atoms with Crippen molar-refractivity contribution in [3.8, 4) is 0 Å². The van der Waals surface area contributed by atoms with Gasteiger partial charge in [-0.25, -0.2) is 0 Å². The van der Waals surface area contributed by atoms with Crippen molar-refractivity contribution in [2.45, 2.75) is 18.9 Å². The van der Waals surface area contributed by atoms with E-state index in [-0.39, 0.29) is 11.9 Å². The van der Waals surface area contributed by atoms with Gasteiger partial charge in [0.05, 0.1) is 0 Å². The molecule has 3 nitrogen and oxygen atoms in total. The fourth-order valence-electron chi connectivity index (χ4n) is 3.23. The molecule has 0 radical (unpaired) electrons. The van der Waals surface area contributed by atoms with E-state index in [1.807, 2.05) is 30.3 Å². The summed E-state index contributed by atoms with van der Waals surface area (Å²) in [6, 6.07) is 15.9. The average molecular weight is 276 g/mol. The van der Waals surface area contributed by atoms with E-state index < -0.39 is 0 Å². The van der Waals surface area contributed by atoms with E-state index in [9.17, 15) is 4.79 Å². The Morgan fingerprint density at radius 3 is 2.67 bits per heavy atom. The van der Waals surface area contributed by atoms with Gasteiger partial charge in [-0.2, -0.15) is 0 Å². The molecule has 1 aliphatic rings. The normalized spacial score (nSPS) is 16.9. The maximum atomic E-state index is 12.3. The highest BCUT2D eigenvalue weighted by molar-refractivity contribution is 5.94. The lowest BCUT2D eigenvalue weighted by molar-refractivity contribution is 0.0936. The molecule has 3 heteroatoms. The zero-order valence-electron chi connectivity index (χ0n) is 11.6. The molecule has 1 aromatic heterocycles. The highest BCUT2D eigenvalue weighted by atomic mass is 16.1. The summed E-state index contributed by atoms with van der Waals surface area (Å²) in [4.78, 5) is 15.6. The lowest BCUT2D eigenvalue weighted by atomic mass is 9.89. The van der Waals surface area contributed by atoms with Gasteiger partial charge in [0.25, 0.3) is 5.91 Å². The lowest BCUT2D eigenvalue weighted by Crippen LogP contribution is -2.39. The minimum absolute atomic E-state index is 0.00626. The largest absolute Gasteiger partial charge is 0.361 e. The number of benzene rings is 2. The molecule has 0 spiro atoms. The molecular weight excluding hydrogens is 260 g/mol. The summed E-state index contributed by atoms with van der Waals surface area (Å²) in [5.41, 5.74) is 4.52. The minimum Gasteiger partial charge on any atom is -0.361 e. The number of carbonyl (C=O) groups excluding carboxylic acids is 1. The van der Waals surface area contributed by atoms with Gasteiger partial charge in [-0.3, -0.25) is 4.79 Å². The number of amides is 1. The summed E-state index contributed by atoms with van der Waals surface area (Å²) in [6.45, 7) is 0. The second-order valence-electron chi connectivity index (χ2n) is 5.60. The molecule has 1 unspecified atom stereocenters. The second-order valence-corrected chi connectivity index (χ2v) is 5.60. The van der Waals surface area contributed by atoms with Crippen LogP contribution in [0, 0.1) is 0 Å². The molecule has 104 valence electrons. The molecule has 1 heterocycles. The second kappa shape index (κ2) is 4.77. The van der Waals surface area contributed by atoms with E-state index in [4.69, 9.17) is 0 Å². The van der Waals surface area contributed by atoms with Crippen molar-refractivity contribution in [2.24, 2.45) is 0 Å². The van der Waals surface area contributed by atoms with Crippen LogP contribution in [0.3, 0.4) is 0 Å². The monoisotopic (exact) mass is 276 g/mol. The van der Waals surface area contributed by atoms with Crippen molar-refractivity contribution in [2.75, 3.05) is 0 Å². The maximum Gasteiger partial charge on any atom is 0.251 e. The van der Waals surface area contributed by atoms with Crippen molar-refractivity contribution < 1.29 is 4.79 Å². The lowest BCUT2D eigenvalue weighted by Gasteiger charge is -2.23. The van der Waals surface area contributed by atoms with Crippen LogP contribution in [0.25, 0.3) is 10.9 Å². The molecule has 4 rings (SSSR count). The Hall–Kier alpha value is -2.55. The molecule has 1 amide bonds. The van der Waals surface area contributed by atoms with E-state index in [0.29, 0.717) is 0 Å². The van der Waals surface area contributed by atoms with Gasteiger partial charge in [-0.1, -0.05) is 30.3 Å². The fourth-order valence-corrected chi connectivity index (χ4v) is 3.23. The maximum absolute atomic E-state index is 12.3. The molecule has 2 aromatic carbocycles. The van der Waals surface area contributed by atoms with Crippen LogP contribution in [-0.2, 0) is 12.8 Å². The molecule has 1 atom stereocenters. The summed E-state index contributed by atoms with van der Waals surface area (Å²) < 4.78 is 0. The SMILES string of the molecule is O=C(NC1Cc2cccc3[nH]cc(c23)C1)c1ccccc1. The van der Waals surface area contributed by atoms with Gasteiger partial charge in [0, 0.05) is 28.7 Å². The van der Waals surface area contributed by atoms with E-state index in [1.165, 1.54) is 22.0 Å². The number of aromatic nitrogens is 1. The van der Waals surface area contributed by atoms with Gasteiger partial charge in [0.1, 0.15) is 0 Å². The molecule has 3 aromatic rings. The van der Waals surface area contributed by atoms with Gasteiger partial charge < -0.3 is 10.3 Å². The molecule has 21 heavy (non-hydrogen) atoms. The molecule has 0 saturated carbocycles. The third kappa shape index (κ3) is 2.11. The molecule has 2 N–H and O–H groups in total. The fraction of sp³-hybridized carbons (Fsp3) is 0.167. The third-order valence-corrected chi connectivity index (χ3v) is 4.18. The molecule has 0 saturated heterocycles. The Kier molecular flexibility index (Phi) is 2.78. The number of carbonyl (C=O) groups is 1. The number of rotatable bonds is 2. The van der Waals surface area contributed by atoms with Crippen LogP contribution < -0.4 is 5.32 Å². The number of aromatic amines is 1. The van der Waals surface area contributed by atoms with Gasteiger partial charge >= 0.3 is 0 Å². The van der Waals surface area contributed by atoms with Crippen molar-refractivity contribution in [3.63, 3.8) is 0 Å². The van der Waals surface area contributed by atoms with Gasteiger partial charge in [0.15, 0.2) is 0 Å². The number of nitrogens with one attached hydrogen (secondary N) is 2. The van der Waals surface area contributed by atoms with Gasteiger partial charge in [0.2, 0.25) is 0 Å². The van der Waals surface area contributed by atoms with Crippen LogP contribution in [0.15, 0.2) is 54.7 Å². The zero-order valence-corrected chi connectivity index (χ0v) is 11.6. The molecule has 1 aliphatic carbocycles. The summed E-state index contributed by atoms with van der Waals surface area (Å²) in [5.74, 6) is 0.00626. The summed E-state index contributed by atoms with van der Waals surface area (Å²) in [6.07, 6.45) is 3.84. The number of hydrogen-bond acceptors (Lipinski definition) is 1. The van der Waals surface area contributed by atoms with Crippen molar-refractivity contribution in [1.29, 1.82) is 0 Å². The quantitative estimate of drug-likeness (QED) is 0.742. The number of hydrogen-bond donors (Lipinski definition) is 2. The first kappa shape index (κ1) is 12.2. The topological polar surface area (TPSA) is 44.9 Å². The molecule has 0 aliphatic heterocycles. The van der Waals surface area contributed by atoms with Crippen molar-refractivity contribution in [3.05, 3.63) is 71.4 Å². The highest BCUT2D eigenvalue weighted by Gasteiger charge is 2.23. The van der Waals surface area contributed by atoms with Crippen LogP contribution in [0.4, 0.5) is 0 Å². The van der Waals surface area contributed by atoms with Crippen LogP contribution >= 0.6 is 0 Å². The molecule has 0 fully saturated rings. The Balaban J connectivity index is 1.58. The summed E-state index contributed by atoms with van der Waals surface area (Å²) in [5, 5.41) is 4.49. The Morgan fingerprint density at radius 2 is 1.81 bits per heavy atom. The van der Waals surface area contributed by atoms with Gasteiger partial charge in [-0.15, -0.1) is 0 Å². The summed E-state index contributed by atoms with van der Waals surface area (Å²) in [7, 11) is 0. The molecule has 0 bridgehead atoms. The smallest absolute Gasteiger partial charge is 0.251 e. The zero-order chi connectivity index (χ0) is 14.2. The standard InChI is InChI=1S/C18H16N2O/c21-18(12-5-2-1-3-6-12)20-15-9-13-7-4-8-16-17(13)14(10-15)11-19-16/h1-8,11,15,19H,9-10H2,(H,20,21). The Morgan fingerprint density at radius 1 is 1.00 bits per heavy atom. The van der Waals surface area contributed by atoms with E-state index in [2.05, 4.69) is 34.7 Å². The average Bonchev–Trinajstić information content (AvgIpc) is 2.93. The van der Waals surface area contributed by atoms with Crippen LogP contribution in [0.2, 0.25) is 0 Å². The highest BCUT2D eigenvalue weighted by Crippen LogP contribution is 2.29. The molecular formula is C18H16N2O. The first-order valence-corrected chi connectivity index (χ1v) is 7.25. The third-order valence-electron chi connectivity index (χ3n) is 4.18. The Bertz CT molecular complexity index is 804. The van der Waals surface area contributed by atoms with E-state index in [1.54, 1.807) is 0 Å². The van der Waals surface area contributed by atoms with Crippen LogP contribution in [0.1, 0.15) is 21.5 Å². The summed E-state index contributed by atoms with van der Waals surface area (Å²) >= 11 is 0.